The van der Waals surface area contributed by atoms with Crippen LogP contribution in [0.3, 0.4) is 0 Å². The van der Waals surface area contributed by atoms with Gasteiger partial charge < -0.3 is 15.3 Å². The molecule has 2 amide bonds. The average molecular weight is 271 g/mol. The number of aliphatic carboxylic acids is 1. The Morgan fingerprint density at radius 2 is 1.74 bits per heavy atom. The number of nitrogens with zero attached hydrogens (tertiary/aromatic N) is 2. The number of piperazine rings is 1. The Hall–Kier alpha value is -1.30. The van der Waals surface area contributed by atoms with E-state index in [4.69, 9.17) is 5.11 Å². The maximum absolute atomic E-state index is 11.9. The normalized spacial score (nSPS) is 19.1. The monoisotopic (exact) mass is 271 g/mol. The van der Waals surface area contributed by atoms with Crippen LogP contribution < -0.4 is 5.32 Å². The number of carboxylic acids is 1. The molecule has 0 bridgehead atoms. The smallest absolute Gasteiger partial charge is 0.317 e. The van der Waals surface area contributed by atoms with Crippen LogP contribution in [0.1, 0.15) is 34.1 Å². The van der Waals surface area contributed by atoms with Gasteiger partial charge in [0, 0.05) is 37.8 Å². The van der Waals surface area contributed by atoms with Gasteiger partial charge in [-0.3, -0.25) is 9.69 Å². The number of rotatable bonds is 3. The van der Waals surface area contributed by atoms with Crippen molar-refractivity contribution in [2.24, 2.45) is 0 Å². The van der Waals surface area contributed by atoms with Crippen molar-refractivity contribution in [1.82, 2.24) is 15.1 Å². The second-order valence-electron chi connectivity index (χ2n) is 6.09. The molecule has 0 aromatic carbocycles. The van der Waals surface area contributed by atoms with Gasteiger partial charge in [0.15, 0.2) is 0 Å². The van der Waals surface area contributed by atoms with Crippen LogP contribution in [0.2, 0.25) is 0 Å². The highest BCUT2D eigenvalue weighted by Gasteiger charge is 2.28. The summed E-state index contributed by atoms with van der Waals surface area (Å²) in [5.74, 6) is -0.898. The molecule has 0 aromatic rings. The van der Waals surface area contributed by atoms with Crippen molar-refractivity contribution in [2.45, 2.75) is 45.7 Å². The van der Waals surface area contributed by atoms with Crippen LogP contribution in [0, 0.1) is 0 Å². The molecular weight excluding hydrogens is 246 g/mol. The lowest BCUT2D eigenvalue weighted by atomic mass is 10.1. The minimum atomic E-state index is -0.898. The second-order valence-corrected chi connectivity index (χ2v) is 6.09. The fourth-order valence-corrected chi connectivity index (χ4v) is 2.20. The molecule has 1 fully saturated rings. The lowest BCUT2D eigenvalue weighted by Crippen LogP contribution is -2.57. The van der Waals surface area contributed by atoms with Gasteiger partial charge in [0.25, 0.3) is 0 Å². The number of hydrogen-bond acceptors (Lipinski definition) is 3. The lowest BCUT2D eigenvalue weighted by molar-refractivity contribution is -0.137. The molecule has 0 spiro atoms. The first-order chi connectivity index (χ1) is 8.70. The van der Waals surface area contributed by atoms with E-state index >= 15 is 0 Å². The van der Waals surface area contributed by atoms with Gasteiger partial charge in [-0.05, 0) is 27.7 Å². The Labute approximate surface area is 114 Å². The van der Waals surface area contributed by atoms with E-state index in [0.717, 1.165) is 13.1 Å². The molecule has 1 atom stereocenters. The summed E-state index contributed by atoms with van der Waals surface area (Å²) < 4.78 is 0. The van der Waals surface area contributed by atoms with Crippen LogP contribution in [-0.4, -0.2) is 64.7 Å². The maximum Gasteiger partial charge on any atom is 0.317 e. The molecule has 1 rings (SSSR count). The van der Waals surface area contributed by atoms with Crippen LogP contribution in [0.25, 0.3) is 0 Å². The van der Waals surface area contributed by atoms with Gasteiger partial charge in [0.05, 0.1) is 6.42 Å². The topological polar surface area (TPSA) is 72.9 Å². The minimum Gasteiger partial charge on any atom is -0.481 e. The van der Waals surface area contributed by atoms with Gasteiger partial charge in [-0.15, -0.1) is 0 Å². The molecule has 19 heavy (non-hydrogen) atoms. The molecule has 1 unspecified atom stereocenters. The molecule has 2 N–H and O–H groups in total. The number of carboxylic acid groups (broad SMARTS) is 1. The zero-order chi connectivity index (χ0) is 14.6. The van der Waals surface area contributed by atoms with Crippen molar-refractivity contribution in [3.8, 4) is 0 Å². The number of carbonyl (C=O) groups is 2. The molecule has 0 aliphatic carbocycles. The van der Waals surface area contributed by atoms with Crippen LogP contribution in [0.15, 0.2) is 0 Å². The van der Waals surface area contributed by atoms with Crippen molar-refractivity contribution >= 4 is 12.0 Å². The summed E-state index contributed by atoms with van der Waals surface area (Å²) in [5.41, 5.74) is 0.124. The predicted octanol–water partition coefficient (Wildman–Crippen LogP) is 0.975. The quantitative estimate of drug-likeness (QED) is 0.802. The standard InChI is InChI=1S/C13H25N3O3/c1-10(9-11(17)18)14-12(19)15-5-7-16(8-6-15)13(2,3)4/h10H,5-9H2,1-4H3,(H,14,19)(H,17,18). The largest absolute Gasteiger partial charge is 0.481 e. The molecule has 6 nitrogen and oxygen atoms in total. The van der Waals surface area contributed by atoms with Gasteiger partial charge in [0.1, 0.15) is 0 Å². The highest BCUT2D eigenvalue weighted by Crippen LogP contribution is 2.15. The highest BCUT2D eigenvalue weighted by atomic mass is 16.4. The van der Waals surface area contributed by atoms with Crippen molar-refractivity contribution in [3.63, 3.8) is 0 Å². The summed E-state index contributed by atoms with van der Waals surface area (Å²) in [6.45, 7) is 11.3. The van der Waals surface area contributed by atoms with Gasteiger partial charge in [0.2, 0.25) is 0 Å². The van der Waals surface area contributed by atoms with Crippen LogP contribution in [0.4, 0.5) is 4.79 Å². The molecule has 1 aliphatic rings. The third-order valence-corrected chi connectivity index (χ3v) is 3.37. The van der Waals surface area contributed by atoms with E-state index in [2.05, 4.69) is 31.0 Å². The van der Waals surface area contributed by atoms with Crippen molar-refractivity contribution in [3.05, 3.63) is 0 Å². The third-order valence-electron chi connectivity index (χ3n) is 3.37. The van der Waals surface area contributed by atoms with E-state index in [1.165, 1.54) is 0 Å². The Balaban J connectivity index is 2.39. The summed E-state index contributed by atoms with van der Waals surface area (Å²) >= 11 is 0. The maximum atomic E-state index is 11.9. The zero-order valence-electron chi connectivity index (χ0n) is 12.3. The van der Waals surface area contributed by atoms with Gasteiger partial charge in [-0.1, -0.05) is 0 Å². The third kappa shape index (κ3) is 5.06. The van der Waals surface area contributed by atoms with E-state index in [-0.39, 0.29) is 24.0 Å². The fourth-order valence-electron chi connectivity index (χ4n) is 2.20. The molecule has 1 aliphatic heterocycles. The minimum absolute atomic E-state index is 0.0479. The van der Waals surface area contributed by atoms with Gasteiger partial charge >= 0.3 is 12.0 Å². The fraction of sp³-hybridized carbons (Fsp3) is 0.846. The Morgan fingerprint density at radius 1 is 1.21 bits per heavy atom. The number of amides is 2. The van der Waals surface area contributed by atoms with Crippen LogP contribution >= 0.6 is 0 Å². The molecule has 1 heterocycles. The highest BCUT2D eigenvalue weighted by molar-refractivity contribution is 5.76. The molecule has 0 aromatic heterocycles. The average Bonchev–Trinajstić information content (AvgIpc) is 2.26. The number of hydrogen-bond donors (Lipinski definition) is 2. The van der Waals surface area contributed by atoms with Crippen LogP contribution in [0.5, 0.6) is 0 Å². The number of urea groups is 1. The molecule has 110 valence electrons. The molecule has 1 saturated heterocycles. The van der Waals surface area contributed by atoms with E-state index in [0.29, 0.717) is 13.1 Å². The molecule has 0 saturated carbocycles. The first kappa shape index (κ1) is 15.8. The first-order valence-electron chi connectivity index (χ1n) is 6.72. The predicted molar refractivity (Wildman–Crippen MR) is 73.1 cm³/mol. The molecule has 0 radical (unpaired) electrons. The summed E-state index contributed by atoms with van der Waals surface area (Å²) in [5, 5.41) is 11.4. The second kappa shape index (κ2) is 6.23. The summed E-state index contributed by atoms with van der Waals surface area (Å²) in [7, 11) is 0. The lowest BCUT2D eigenvalue weighted by Gasteiger charge is -2.42. The van der Waals surface area contributed by atoms with Gasteiger partial charge in [-0.2, -0.15) is 0 Å². The van der Waals surface area contributed by atoms with Crippen molar-refractivity contribution in [2.75, 3.05) is 26.2 Å². The Bertz CT molecular complexity index is 331. The van der Waals surface area contributed by atoms with E-state index in [9.17, 15) is 9.59 Å². The summed E-state index contributed by atoms with van der Waals surface area (Å²) in [6, 6.07) is -0.507. The summed E-state index contributed by atoms with van der Waals surface area (Å²) in [4.78, 5) is 26.6. The van der Waals surface area contributed by atoms with E-state index in [1.807, 2.05) is 0 Å². The molecule has 6 heteroatoms. The Kier molecular flexibility index (Phi) is 5.17. The number of nitrogens with one attached hydrogen (secondary N) is 1. The van der Waals surface area contributed by atoms with E-state index in [1.54, 1.807) is 11.8 Å². The SMILES string of the molecule is CC(CC(=O)O)NC(=O)N1CCN(C(C)(C)C)CC1. The van der Waals surface area contributed by atoms with Gasteiger partial charge in [-0.25, -0.2) is 4.79 Å². The van der Waals surface area contributed by atoms with E-state index < -0.39 is 5.97 Å². The molecular formula is C13H25N3O3. The van der Waals surface area contributed by atoms with Crippen LogP contribution in [-0.2, 0) is 4.79 Å². The zero-order valence-corrected chi connectivity index (χ0v) is 12.3. The summed E-state index contributed by atoms with van der Waals surface area (Å²) in [6.07, 6.45) is -0.0479. The Morgan fingerprint density at radius 3 is 2.16 bits per heavy atom. The first-order valence-corrected chi connectivity index (χ1v) is 6.72. The van der Waals surface area contributed by atoms with Crippen molar-refractivity contribution in [1.29, 1.82) is 0 Å². The number of carbonyl (C=O) groups excluding carboxylic acids is 1. The van der Waals surface area contributed by atoms with Crippen molar-refractivity contribution < 1.29 is 14.7 Å².